The molecular weight excluding hydrogens is 152 g/mol. The average molecular weight is 168 g/mol. The van der Waals surface area contributed by atoms with E-state index in [1.54, 1.807) is 6.08 Å². The molecule has 1 aliphatic rings. The first-order chi connectivity index (χ1) is 5.83. The van der Waals surface area contributed by atoms with Gasteiger partial charge in [-0.3, -0.25) is 0 Å². The third kappa shape index (κ3) is 3.07. The molecule has 1 fully saturated rings. The second-order valence-electron chi connectivity index (χ2n) is 3.16. The average Bonchev–Trinajstić information content (AvgIpc) is 2.53. The predicted octanol–water partition coefficient (Wildman–Crippen LogP) is 2.30. The lowest BCUT2D eigenvalue weighted by Gasteiger charge is -1.99. The Morgan fingerprint density at radius 2 is 2.17 bits per heavy atom. The Balaban J connectivity index is 2.23. The maximum absolute atomic E-state index is 10.9. The summed E-state index contributed by atoms with van der Waals surface area (Å²) in [5.41, 5.74) is 0. The fourth-order valence-electron chi connectivity index (χ4n) is 1.55. The van der Waals surface area contributed by atoms with Crippen LogP contribution in [0.15, 0.2) is 12.2 Å². The van der Waals surface area contributed by atoms with E-state index in [1.165, 1.54) is 25.7 Å². The molecule has 0 aromatic carbocycles. The zero-order valence-electron chi connectivity index (χ0n) is 7.58. The fraction of sp³-hybridized carbons (Fsp3) is 0.700. The van der Waals surface area contributed by atoms with Crippen molar-refractivity contribution >= 4 is 5.97 Å². The van der Waals surface area contributed by atoms with Crippen molar-refractivity contribution in [2.75, 3.05) is 6.61 Å². The number of ether oxygens (including phenoxy) is 1. The summed E-state index contributed by atoms with van der Waals surface area (Å²) in [4.78, 5) is 10.9. The van der Waals surface area contributed by atoms with Gasteiger partial charge < -0.3 is 4.74 Å². The molecule has 68 valence electrons. The maximum atomic E-state index is 10.9. The van der Waals surface area contributed by atoms with Gasteiger partial charge in [0.15, 0.2) is 0 Å². The molecule has 0 aromatic heterocycles. The Morgan fingerprint density at radius 1 is 1.50 bits per heavy atom. The summed E-state index contributed by atoms with van der Waals surface area (Å²) >= 11 is 0. The molecular formula is C10H16O2. The van der Waals surface area contributed by atoms with Crippen LogP contribution in [0.5, 0.6) is 0 Å². The zero-order chi connectivity index (χ0) is 8.81. The van der Waals surface area contributed by atoms with E-state index in [1.807, 2.05) is 13.0 Å². The van der Waals surface area contributed by atoms with E-state index in [0.717, 1.165) is 0 Å². The van der Waals surface area contributed by atoms with Crippen LogP contribution in [-0.2, 0) is 9.53 Å². The van der Waals surface area contributed by atoms with Gasteiger partial charge in [0.2, 0.25) is 0 Å². The molecule has 1 rings (SSSR count). The van der Waals surface area contributed by atoms with E-state index in [-0.39, 0.29) is 5.97 Å². The van der Waals surface area contributed by atoms with E-state index in [4.69, 9.17) is 4.74 Å². The first kappa shape index (κ1) is 9.30. The van der Waals surface area contributed by atoms with Crippen molar-refractivity contribution in [1.82, 2.24) is 0 Å². The van der Waals surface area contributed by atoms with Crippen LogP contribution < -0.4 is 0 Å². The van der Waals surface area contributed by atoms with Gasteiger partial charge in [0.05, 0.1) is 6.61 Å². The van der Waals surface area contributed by atoms with Crippen LogP contribution in [0.1, 0.15) is 32.6 Å². The van der Waals surface area contributed by atoms with Crippen molar-refractivity contribution in [3.8, 4) is 0 Å². The Hall–Kier alpha value is -0.790. The van der Waals surface area contributed by atoms with Crippen LogP contribution in [0.25, 0.3) is 0 Å². The van der Waals surface area contributed by atoms with Gasteiger partial charge in [0.25, 0.3) is 0 Å². The lowest BCUT2D eigenvalue weighted by Crippen LogP contribution is -2.00. The monoisotopic (exact) mass is 168 g/mol. The highest BCUT2D eigenvalue weighted by molar-refractivity contribution is 5.81. The Morgan fingerprint density at radius 3 is 2.75 bits per heavy atom. The van der Waals surface area contributed by atoms with Crippen LogP contribution in [-0.4, -0.2) is 12.6 Å². The van der Waals surface area contributed by atoms with E-state index >= 15 is 0 Å². The molecule has 1 aliphatic carbocycles. The van der Waals surface area contributed by atoms with Gasteiger partial charge in [0.1, 0.15) is 0 Å². The summed E-state index contributed by atoms with van der Waals surface area (Å²) in [6, 6.07) is 0. The smallest absolute Gasteiger partial charge is 0.330 e. The maximum Gasteiger partial charge on any atom is 0.330 e. The molecule has 0 N–H and O–H groups in total. The molecule has 0 amide bonds. The van der Waals surface area contributed by atoms with Crippen molar-refractivity contribution < 1.29 is 9.53 Å². The summed E-state index contributed by atoms with van der Waals surface area (Å²) in [6.45, 7) is 2.29. The highest BCUT2D eigenvalue weighted by Crippen LogP contribution is 2.25. The highest BCUT2D eigenvalue weighted by Gasteiger charge is 2.11. The van der Waals surface area contributed by atoms with Gasteiger partial charge in [-0.2, -0.15) is 0 Å². The van der Waals surface area contributed by atoms with Gasteiger partial charge in [-0.1, -0.05) is 18.9 Å². The van der Waals surface area contributed by atoms with Gasteiger partial charge in [-0.25, -0.2) is 4.79 Å². The minimum absolute atomic E-state index is 0.204. The summed E-state index contributed by atoms with van der Waals surface area (Å²) in [6.07, 6.45) is 8.63. The van der Waals surface area contributed by atoms with Crippen LogP contribution >= 0.6 is 0 Å². The summed E-state index contributed by atoms with van der Waals surface area (Å²) in [7, 11) is 0. The van der Waals surface area contributed by atoms with Gasteiger partial charge >= 0.3 is 5.97 Å². The predicted molar refractivity (Wildman–Crippen MR) is 47.7 cm³/mol. The van der Waals surface area contributed by atoms with Crippen molar-refractivity contribution in [3.05, 3.63) is 12.2 Å². The van der Waals surface area contributed by atoms with Crippen LogP contribution in [0.2, 0.25) is 0 Å². The number of esters is 1. The molecule has 0 heterocycles. The topological polar surface area (TPSA) is 26.3 Å². The molecule has 0 aliphatic heterocycles. The fourth-order valence-corrected chi connectivity index (χ4v) is 1.55. The zero-order valence-corrected chi connectivity index (χ0v) is 7.58. The minimum atomic E-state index is -0.204. The molecule has 0 unspecified atom stereocenters. The number of hydrogen-bond donors (Lipinski definition) is 0. The molecule has 0 aromatic rings. The molecule has 0 atom stereocenters. The molecule has 12 heavy (non-hydrogen) atoms. The van der Waals surface area contributed by atoms with E-state index < -0.39 is 0 Å². The second kappa shape index (κ2) is 4.96. The molecule has 2 nitrogen and oxygen atoms in total. The number of allylic oxidation sites excluding steroid dienone is 1. The van der Waals surface area contributed by atoms with E-state index in [2.05, 4.69) is 0 Å². The molecule has 2 heteroatoms. The molecule has 1 saturated carbocycles. The van der Waals surface area contributed by atoms with Crippen LogP contribution in [0.4, 0.5) is 0 Å². The Bertz CT molecular complexity index is 167. The lowest BCUT2D eigenvalue weighted by molar-refractivity contribution is -0.137. The number of carbonyl (C=O) groups is 1. The number of carbonyl (C=O) groups excluding carboxylic acids is 1. The highest BCUT2D eigenvalue weighted by atomic mass is 16.5. The van der Waals surface area contributed by atoms with Gasteiger partial charge in [-0.15, -0.1) is 0 Å². The third-order valence-electron chi connectivity index (χ3n) is 2.19. The van der Waals surface area contributed by atoms with Crippen molar-refractivity contribution in [3.63, 3.8) is 0 Å². The van der Waals surface area contributed by atoms with Crippen molar-refractivity contribution in [1.29, 1.82) is 0 Å². The van der Waals surface area contributed by atoms with Crippen LogP contribution in [0, 0.1) is 5.92 Å². The lowest BCUT2D eigenvalue weighted by atomic mass is 10.1. The molecule has 0 radical (unpaired) electrons. The molecule has 0 saturated heterocycles. The Kier molecular flexibility index (Phi) is 3.85. The number of hydrogen-bond acceptors (Lipinski definition) is 2. The van der Waals surface area contributed by atoms with E-state index in [0.29, 0.717) is 12.5 Å². The standard InChI is InChI=1S/C10H16O2/c1-2-12-10(11)8-7-9-5-3-4-6-9/h7-9H,2-6H2,1H3/b8-7-. The van der Waals surface area contributed by atoms with Crippen LogP contribution in [0.3, 0.4) is 0 Å². The quantitative estimate of drug-likeness (QED) is 0.477. The first-order valence-electron chi connectivity index (χ1n) is 4.68. The second-order valence-corrected chi connectivity index (χ2v) is 3.16. The summed E-state index contributed by atoms with van der Waals surface area (Å²) in [5.74, 6) is 0.416. The minimum Gasteiger partial charge on any atom is -0.463 e. The Labute approximate surface area is 73.6 Å². The molecule has 0 spiro atoms. The third-order valence-corrected chi connectivity index (χ3v) is 2.19. The normalized spacial score (nSPS) is 18.8. The number of rotatable bonds is 3. The van der Waals surface area contributed by atoms with Gasteiger partial charge in [-0.05, 0) is 25.7 Å². The SMILES string of the molecule is CCOC(=O)/C=C\C1CCCC1. The largest absolute Gasteiger partial charge is 0.463 e. The van der Waals surface area contributed by atoms with Gasteiger partial charge in [0, 0.05) is 6.08 Å². The van der Waals surface area contributed by atoms with Crippen molar-refractivity contribution in [2.24, 2.45) is 5.92 Å². The van der Waals surface area contributed by atoms with Crippen molar-refractivity contribution in [2.45, 2.75) is 32.6 Å². The first-order valence-corrected chi connectivity index (χ1v) is 4.68. The van der Waals surface area contributed by atoms with E-state index in [9.17, 15) is 4.79 Å². The summed E-state index contributed by atoms with van der Waals surface area (Å²) in [5, 5.41) is 0. The molecule has 0 bridgehead atoms. The summed E-state index contributed by atoms with van der Waals surface area (Å²) < 4.78 is 4.78.